The number of hydrazone groups is 1. The van der Waals surface area contributed by atoms with Gasteiger partial charge >= 0.3 is 0 Å². The average Bonchev–Trinajstić information content (AvgIpc) is 2.66. The minimum Gasteiger partial charge on any atom is -0.508 e. The van der Waals surface area contributed by atoms with Crippen LogP contribution in [0, 0.1) is 0 Å². The lowest BCUT2D eigenvalue weighted by molar-refractivity contribution is -0.115. The zero-order valence-corrected chi connectivity index (χ0v) is 15.8. The molecule has 0 spiro atoms. The molecule has 27 heavy (non-hydrogen) atoms. The Bertz CT molecular complexity index is 812. The summed E-state index contributed by atoms with van der Waals surface area (Å²) >= 11 is 0. The van der Waals surface area contributed by atoms with Crippen molar-refractivity contribution in [1.82, 2.24) is 5.43 Å². The second-order valence-electron chi connectivity index (χ2n) is 6.49. The number of hydrogen-bond acceptors (Lipinski definition) is 4. The molecule has 0 saturated carbocycles. The zero-order valence-electron chi connectivity index (χ0n) is 15.8. The minimum absolute atomic E-state index is 0.0724. The molecule has 0 aliphatic rings. The molecule has 142 valence electrons. The first-order valence-corrected chi connectivity index (χ1v) is 8.91. The van der Waals surface area contributed by atoms with Crippen LogP contribution in [0.3, 0.4) is 0 Å². The van der Waals surface area contributed by atoms with Crippen LogP contribution in [0.4, 0.5) is 5.69 Å². The molecule has 0 aromatic heterocycles. The van der Waals surface area contributed by atoms with E-state index in [0.29, 0.717) is 17.2 Å². The predicted molar refractivity (Wildman–Crippen MR) is 107 cm³/mol. The Morgan fingerprint density at radius 1 is 1.07 bits per heavy atom. The highest BCUT2D eigenvalue weighted by Gasteiger charge is 2.08. The Hall–Kier alpha value is -3.15. The standard InChI is InChI=1S/C21H25N3O3/c1-4-14(2)16-5-9-18(10-6-16)22-20(26)13-15(3)23-24-21(27)17-7-11-19(25)12-8-17/h5-12,14,25H,4,13H2,1-3H3,(H,22,26)(H,24,27)/b23-15+. The van der Waals surface area contributed by atoms with Crippen molar-refractivity contribution >= 4 is 23.2 Å². The largest absolute Gasteiger partial charge is 0.508 e. The Balaban J connectivity index is 1.86. The van der Waals surface area contributed by atoms with Gasteiger partial charge in [-0.1, -0.05) is 26.0 Å². The topological polar surface area (TPSA) is 90.8 Å². The zero-order chi connectivity index (χ0) is 19.8. The van der Waals surface area contributed by atoms with Crippen LogP contribution in [-0.4, -0.2) is 22.6 Å². The summed E-state index contributed by atoms with van der Waals surface area (Å²) < 4.78 is 0. The Morgan fingerprint density at radius 3 is 2.30 bits per heavy atom. The molecule has 0 aliphatic carbocycles. The SMILES string of the molecule is CCC(C)c1ccc(NC(=O)C/C(C)=N/NC(=O)c2ccc(O)cc2)cc1. The van der Waals surface area contributed by atoms with Gasteiger partial charge in [0.15, 0.2) is 0 Å². The van der Waals surface area contributed by atoms with E-state index in [1.807, 2.05) is 24.3 Å². The number of benzene rings is 2. The van der Waals surface area contributed by atoms with Crippen molar-refractivity contribution in [2.24, 2.45) is 5.10 Å². The molecule has 0 aliphatic heterocycles. The van der Waals surface area contributed by atoms with E-state index in [-0.39, 0.29) is 18.1 Å². The molecular weight excluding hydrogens is 342 g/mol. The molecule has 2 rings (SSSR count). The molecule has 2 aromatic carbocycles. The lowest BCUT2D eigenvalue weighted by atomic mass is 9.99. The fraction of sp³-hybridized carbons (Fsp3) is 0.286. The molecule has 2 amide bonds. The third kappa shape index (κ3) is 6.26. The van der Waals surface area contributed by atoms with Gasteiger partial charge in [-0.3, -0.25) is 9.59 Å². The van der Waals surface area contributed by atoms with E-state index < -0.39 is 5.91 Å². The van der Waals surface area contributed by atoms with Gasteiger partial charge < -0.3 is 10.4 Å². The van der Waals surface area contributed by atoms with E-state index in [0.717, 1.165) is 12.1 Å². The van der Waals surface area contributed by atoms with E-state index in [1.165, 1.54) is 29.8 Å². The maximum atomic E-state index is 12.1. The second-order valence-corrected chi connectivity index (χ2v) is 6.49. The molecule has 2 aromatic rings. The smallest absolute Gasteiger partial charge is 0.271 e. The van der Waals surface area contributed by atoms with Gasteiger partial charge in [0, 0.05) is 17.0 Å². The summed E-state index contributed by atoms with van der Waals surface area (Å²) in [7, 11) is 0. The number of amides is 2. The Morgan fingerprint density at radius 2 is 1.70 bits per heavy atom. The highest BCUT2D eigenvalue weighted by Crippen LogP contribution is 2.20. The van der Waals surface area contributed by atoms with Crippen LogP contribution in [-0.2, 0) is 4.79 Å². The van der Waals surface area contributed by atoms with Gasteiger partial charge in [0.05, 0.1) is 6.42 Å². The lowest BCUT2D eigenvalue weighted by Crippen LogP contribution is -2.21. The summed E-state index contributed by atoms with van der Waals surface area (Å²) in [6, 6.07) is 13.6. The van der Waals surface area contributed by atoms with E-state index in [1.54, 1.807) is 6.92 Å². The average molecular weight is 367 g/mol. The number of nitrogens with zero attached hydrogens (tertiary/aromatic N) is 1. The van der Waals surface area contributed by atoms with Crippen molar-refractivity contribution in [1.29, 1.82) is 0 Å². The van der Waals surface area contributed by atoms with Gasteiger partial charge in [0.25, 0.3) is 5.91 Å². The van der Waals surface area contributed by atoms with Crippen LogP contribution in [0.1, 0.15) is 55.5 Å². The minimum atomic E-state index is -0.407. The van der Waals surface area contributed by atoms with E-state index >= 15 is 0 Å². The quantitative estimate of drug-likeness (QED) is 0.509. The number of nitrogens with one attached hydrogen (secondary N) is 2. The molecule has 0 radical (unpaired) electrons. The second kappa shape index (κ2) is 9.52. The predicted octanol–water partition coefficient (Wildman–Crippen LogP) is 4.04. The summed E-state index contributed by atoms with van der Waals surface area (Å²) in [5, 5.41) is 16.0. The number of carbonyl (C=O) groups excluding carboxylic acids is 2. The molecule has 1 atom stereocenters. The van der Waals surface area contributed by atoms with Gasteiger partial charge in [-0.25, -0.2) is 5.43 Å². The number of anilines is 1. The van der Waals surface area contributed by atoms with Crippen LogP contribution in [0.25, 0.3) is 0 Å². The number of carbonyl (C=O) groups is 2. The molecule has 0 heterocycles. The first-order chi connectivity index (χ1) is 12.9. The van der Waals surface area contributed by atoms with Gasteiger partial charge in [-0.05, 0) is 61.2 Å². The summed E-state index contributed by atoms with van der Waals surface area (Å²) in [6.45, 7) is 5.98. The highest BCUT2D eigenvalue weighted by atomic mass is 16.3. The lowest BCUT2D eigenvalue weighted by Gasteiger charge is -2.10. The van der Waals surface area contributed by atoms with Crippen LogP contribution in [0.15, 0.2) is 53.6 Å². The fourth-order valence-corrected chi connectivity index (χ4v) is 2.43. The monoisotopic (exact) mass is 367 g/mol. The first-order valence-electron chi connectivity index (χ1n) is 8.91. The van der Waals surface area contributed by atoms with E-state index in [2.05, 4.69) is 29.7 Å². The molecular formula is C21H25N3O3. The number of aromatic hydroxyl groups is 1. The molecule has 6 heteroatoms. The van der Waals surface area contributed by atoms with Crippen molar-refractivity contribution in [3.63, 3.8) is 0 Å². The summed E-state index contributed by atoms with van der Waals surface area (Å²) in [5.41, 5.74) is 5.22. The van der Waals surface area contributed by atoms with Gasteiger partial charge in [0.2, 0.25) is 5.91 Å². The van der Waals surface area contributed by atoms with Crippen LogP contribution < -0.4 is 10.7 Å². The first kappa shape index (κ1) is 20.2. The molecule has 6 nitrogen and oxygen atoms in total. The Kier molecular flexibility index (Phi) is 7.11. The molecule has 0 bridgehead atoms. The van der Waals surface area contributed by atoms with Crippen molar-refractivity contribution in [3.8, 4) is 5.75 Å². The van der Waals surface area contributed by atoms with Crippen molar-refractivity contribution in [3.05, 3.63) is 59.7 Å². The van der Waals surface area contributed by atoms with E-state index in [4.69, 9.17) is 0 Å². The third-order valence-corrected chi connectivity index (χ3v) is 4.27. The van der Waals surface area contributed by atoms with Crippen molar-refractivity contribution in [2.75, 3.05) is 5.32 Å². The van der Waals surface area contributed by atoms with Crippen molar-refractivity contribution < 1.29 is 14.7 Å². The summed E-state index contributed by atoms with van der Waals surface area (Å²) in [4.78, 5) is 24.1. The highest BCUT2D eigenvalue weighted by molar-refractivity contribution is 6.06. The Labute approximate surface area is 159 Å². The molecule has 1 unspecified atom stereocenters. The maximum Gasteiger partial charge on any atom is 0.271 e. The summed E-state index contributed by atoms with van der Waals surface area (Å²) in [5.74, 6) is -0.0387. The number of phenols is 1. The number of phenolic OH excluding ortho intramolecular Hbond substituents is 1. The van der Waals surface area contributed by atoms with Crippen LogP contribution in [0.2, 0.25) is 0 Å². The third-order valence-electron chi connectivity index (χ3n) is 4.27. The normalized spacial score (nSPS) is 12.3. The molecule has 0 fully saturated rings. The number of hydrogen-bond donors (Lipinski definition) is 3. The van der Waals surface area contributed by atoms with Crippen LogP contribution >= 0.6 is 0 Å². The van der Waals surface area contributed by atoms with Crippen LogP contribution in [0.5, 0.6) is 5.75 Å². The fourth-order valence-electron chi connectivity index (χ4n) is 2.43. The number of rotatable bonds is 7. The molecule has 0 saturated heterocycles. The van der Waals surface area contributed by atoms with Crippen molar-refractivity contribution in [2.45, 2.75) is 39.5 Å². The van der Waals surface area contributed by atoms with Gasteiger partial charge in [-0.15, -0.1) is 0 Å². The van der Waals surface area contributed by atoms with E-state index in [9.17, 15) is 14.7 Å². The summed E-state index contributed by atoms with van der Waals surface area (Å²) in [6.07, 6.45) is 1.14. The van der Waals surface area contributed by atoms with Gasteiger partial charge in [-0.2, -0.15) is 5.10 Å². The van der Waals surface area contributed by atoms with Gasteiger partial charge in [0.1, 0.15) is 5.75 Å². The maximum absolute atomic E-state index is 12.1. The molecule has 3 N–H and O–H groups in total.